The number of benzene rings is 1. The number of alkyl halides is 3. The number of nitrogens with zero attached hydrogens (tertiary/aromatic N) is 2. The molecular weight excluding hydrogens is 267 g/mol. The molecule has 110 valence electrons. The van der Waals surface area contributed by atoms with Crippen LogP contribution in [0.5, 0.6) is 0 Å². The van der Waals surface area contributed by atoms with E-state index in [0.717, 1.165) is 17.5 Å². The van der Waals surface area contributed by atoms with Gasteiger partial charge in [0.05, 0.1) is 11.0 Å². The summed E-state index contributed by atoms with van der Waals surface area (Å²) in [4.78, 5) is 4.36. The highest BCUT2D eigenvalue weighted by Crippen LogP contribution is 2.24. The van der Waals surface area contributed by atoms with Crippen molar-refractivity contribution in [3.63, 3.8) is 0 Å². The van der Waals surface area contributed by atoms with Crippen LogP contribution in [0.25, 0.3) is 11.0 Å². The van der Waals surface area contributed by atoms with Crippen LogP contribution in [0, 0.1) is 0 Å². The largest absolute Gasteiger partial charge is 0.404 e. The second-order valence-electron chi connectivity index (χ2n) is 4.76. The van der Waals surface area contributed by atoms with Crippen molar-refractivity contribution >= 4 is 11.0 Å². The predicted octanol–water partition coefficient (Wildman–Crippen LogP) is 3.14. The first-order valence-corrected chi connectivity index (χ1v) is 6.65. The van der Waals surface area contributed by atoms with E-state index < -0.39 is 12.2 Å². The van der Waals surface area contributed by atoms with Gasteiger partial charge < -0.3 is 9.88 Å². The molecule has 0 saturated heterocycles. The molecule has 1 atom stereocenters. The maximum absolute atomic E-state index is 12.9. The third-order valence-electron chi connectivity index (χ3n) is 3.31. The molecule has 0 aliphatic carbocycles. The van der Waals surface area contributed by atoms with Crippen LogP contribution >= 0.6 is 0 Å². The molecule has 0 saturated carbocycles. The van der Waals surface area contributed by atoms with E-state index in [9.17, 15) is 13.2 Å². The molecule has 1 aromatic carbocycles. The topological polar surface area (TPSA) is 29.9 Å². The van der Waals surface area contributed by atoms with Crippen LogP contribution in [0.15, 0.2) is 24.3 Å². The van der Waals surface area contributed by atoms with E-state index in [4.69, 9.17) is 0 Å². The molecule has 0 radical (unpaired) electrons. The SMILES string of the molecule is CCCn1c(CC(NC)C(F)(F)F)nc2ccccc21. The third kappa shape index (κ3) is 2.95. The summed E-state index contributed by atoms with van der Waals surface area (Å²) in [5.74, 6) is 0.477. The Kier molecular flexibility index (Phi) is 4.32. The Hall–Kier alpha value is -1.56. The van der Waals surface area contributed by atoms with Gasteiger partial charge in [-0.2, -0.15) is 13.2 Å². The minimum atomic E-state index is -4.27. The Balaban J connectivity index is 2.40. The Bertz CT molecular complexity index is 575. The van der Waals surface area contributed by atoms with Gasteiger partial charge in [0.2, 0.25) is 0 Å². The predicted molar refractivity (Wildman–Crippen MR) is 72.6 cm³/mol. The molecule has 1 aromatic heterocycles. The number of para-hydroxylation sites is 2. The molecule has 0 fully saturated rings. The Morgan fingerprint density at radius 3 is 2.60 bits per heavy atom. The van der Waals surface area contributed by atoms with Gasteiger partial charge in [0.15, 0.2) is 0 Å². The zero-order valence-corrected chi connectivity index (χ0v) is 11.5. The van der Waals surface area contributed by atoms with Gasteiger partial charge in [-0.05, 0) is 25.6 Å². The van der Waals surface area contributed by atoms with Crippen LogP contribution in [0.2, 0.25) is 0 Å². The molecule has 1 unspecified atom stereocenters. The number of aryl methyl sites for hydroxylation is 1. The van der Waals surface area contributed by atoms with Gasteiger partial charge in [-0.1, -0.05) is 19.1 Å². The average Bonchev–Trinajstić information content (AvgIpc) is 2.73. The summed E-state index contributed by atoms with van der Waals surface area (Å²) < 4.78 is 40.5. The van der Waals surface area contributed by atoms with E-state index >= 15 is 0 Å². The number of rotatable bonds is 5. The smallest absolute Gasteiger partial charge is 0.328 e. The van der Waals surface area contributed by atoms with Gasteiger partial charge in [0.25, 0.3) is 0 Å². The molecule has 3 nitrogen and oxygen atoms in total. The normalized spacial score (nSPS) is 13.8. The molecule has 1 heterocycles. The Morgan fingerprint density at radius 1 is 1.30 bits per heavy atom. The van der Waals surface area contributed by atoms with Crippen molar-refractivity contribution < 1.29 is 13.2 Å². The van der Waals surface area contributed by atoms with Gasteiger partial charge >= 0.3 is 6.18 Å². The molecule has 2 aromatic rings. The first-order valence-electron chi connectivity index (χ1n) is 6.65. The van der Waals surface area contributed by atoms with Crippen LogP contribution < -0.4 is 5.32 Å². The molecule has 1 N–H and O–H groups in total. The minimum Gasteiger partial charge on any atom is -0.328 e. The molecule has 0 aliphatic rings. The summed E-state index contributed by atoms with van der Waals surface area (Å²) in [6, 6.07) is 5.86. The zero-order valence-electron chi connectivity index (χ0n) is 11.5. The van der Waals surface area contributed by atoms with Crippen LogP contribution in [-0.2, 0) is 13.0 Å². The third-order valence-corrected chi connectivity index (χ3v) is 3.31. The molecule has 2 rings (SSSR count). The van der Waals surface area contributed by atoms with Crippen molar-refractivity contribution in [2.45, 2.75) is 38.5 Å². The van der Waals surface area contributed by atoms with E-state index in [1.54, 1.807) is 0 Å². The van der Waals surface area contributed by atoms with Crippen molar-refractivity contribution in [3.8, 4) is 0 Å². The summed E-state index contributed by atoms with van der Waals surface area (Å²) >= 11 is 0. The van der Waals surface area contributed by atoms with Crippen molar-refractivity contribution in [2.24, 2.45) is 0 Å². The molecule has 20 heavy (non-hydrogen) atoms. The van der Waals surface area contributed by atoms with Gasteiger partial charge in [-0.3, -0.25) is 0 Å². The number of fused-ring (bicyclic) bond motifs is 1. The number of aromatic nitrogens is 2. The molecule has 0 aliphatic heterocycles. The summed E-state index contributed by atoms with van der Waals surface area (Å²) in [6.07, 6.45) is -3.58. The van der Waals surface area contributed by atoms with E-state index in [0.29, 0.717) is 12.4 Å². The lowest BCUT2D eigenvalue weighted by atomic mass is 10.2. The van der Waals surface area contributed by atoms with Crippen LogP contribution in [0.4, 0.5) is 13.2 Å². The number of nitrogens with one attached hydrogen (secondary N) is 1. The second kappa shape index (κ2) is 5.83. The van der Waals surface area contributed by atoms with Crippen molar-refractivity contribution in [1.82, 2.24) is 14.9 Å². The maximum atomic E-state index is 12.9. The molecule has 0 bridgehead atoms. The van der Waals surface area contributed by atoms with Crippen molar-refractivity contribution in [3.05, 3.63) is 30.1 Å². The number of imidazole rings is 1. The lowest BCUT2D eigenvalue weighted by Gasteiger charge is -2.19. The van der Waals surface area contributed by atoms with Crippen LogP contribution in [0.1, 0.15) is 19.2 Å². The lowest BCUT2D eigenvalue weighted by molar-refractivity contribution is -0.154. The fourth-order valence-corrected chi connectivity index (χ4v) is 2.32. The quantitative estimate of drug-likeness (QED) is 0.914. The minimum absolute atomic E-state index is 0.158. The first-order chi connectivity index (χ1) is 9.47. The molecule has 0 amide bonds. The Morgan fingerprint density at radius 2 is 2.00 bits per heavy atom. The summed E-state index contributed by atoms with van der Waals surface area (Å²) in [7, 11) is 1.32. The van der Waals surface area contributed by atoms with Gasteiger partial charge in [-0.15, -0.1) is 0 Å². The molecule has 0 spiro atoms. The standard InChI is InChI=1S/C14H18F3N3/c1-3-8-20-11-7-5-4-6-10(11)19-13(20)9-12(18-2)14(15,16)17/h4-7,12,18H,3,8-9H2,1-2H3. The van der Waals surface area contributed by atoms with Crippen molar-refractivity contribution in [2.75, 3.05) is 7.05 Å². The highest BCUT2D eigenvalue weighted by Gasteiger charge is 2.39. The number of hydrogen-bond acceptors (Lipinski definition) is 2. The molecule has 6 heteroatoms. The van der Waals surface area contributed by atoms with Gasteiger partial charge in [0.1, 0.15) is 11.9 Å². The monoisotopic (exact) mass is 285 g/mol. The maximum Gasteiger partial charge on any atom is 0.404 e. The van der Waals surface area contributed by atoms with Gasteiger partial charge in [0, 0.05) is 13.0 Å². The Labute approximate surface area is 115 Å². The second-order valence-corrected chi connectivity index (χ2v) is 4.76. The van der Waals surface area contributed by atoms with Crippen molar-refractivity contribution in [1.29, 1.82) is 0 Å². The highest BCUT2D eigenvalue weighted by atomic mass is 19.4. The summed E-state index contributed by atoms with van der Waals surface area (Å²) in [5, 5.41) is 2.33. The molecular formula is C14H18F3N3. The number of halogens is 3. The van der Waals surface area contributed by atoms with Crippen LogP contribution in [0.3, 0.4) is 0 Å². The van der Waals surface area contributed by atoms with E-state index in [1.165, 1.54) is 7.05 Å². The van der Waals surface area contributed by atoms with E-state index in [2.05, 4.69) is 10.3 Å². The summed E-state index contributed by atoms with van der Waals surface area (Å²) in [6.45, 7) is 2.67. The zero-order chi connectivity index (χ0) is 14.8. The van der Waals surface area contributed by atoms with E-state index in [1.807, 2.05) is 35.8 Å². The average molecular weight is 285 g/mol. The van der Waals surface area contributed by atoms with E-state index in [-0.39, 0.29) is 6.42 Å². The van der Waals surface area contributed by atoms with Gasteiger partial charge in [-0.25, -0.2) is 4.98 Å². The fraction of sp³-hybridized carbons (Fsp3) is 0.500. The number of likely N-dealkylation sites (N-methyl/N-ethyl adjacent to an activating group) is 1. The first kappa shape index (κ1) is 14.8. The summed E-state index contributed by atoms with van der Waals surface area (Å²) in [5.41, 5.74) is 1.63. The highest BCUT2D eigenvalue weighted by molar-refractivity contribution is 5.75. The number of hydrogen-bond donors (Lipinski definition) is 1. The lowest BCUT2D eigenvalue weighted by Crippen LogP contribution is -2.42. The fourth-order valence-electron chi connectivity index (χ4n) is 2.32. The van der Waals surface area contributed by atoms with Crippen LogP contribution in [-0.4, -0.2) is 28.8 Å².